The van der Waals surface area contributed by atoms with E-state index in [1.165, 1.54) is 23.2 Å². The quantitative estimate of drug-likeness (QED) is 0.787. The van der Waals surface area contributed by atoms with Crippen molar-refractivity contribution in [3.05, 3.63) is 47.4 Å². The van der Waals surface area contributed by atoms with Crippen LogP contribution in [-0.2, 0) is 9.59 Å². The summed E-state index contributed by atoms with van der Waals surface area (Å²) in [5.74, 6) is -3.22. The van der Waals surface area contributed by atoms with Gasteiger partial charge in [-0.05, 0) is 6.07 Å². The molecule has 1 saturated heterocycles. The second kappa shape index (κ2) is 4.91. The lowest BCUT2D eigenvalue weighted by Crippen LogP contribution is -2.35. The fourth-order valence-corrected chi connectivity index (χ4v) is 2.71. The SMILES string of the molecule is O=C1CCN2C(c3ccccc3F)C(C(=O)C(F)(F)F)=CN12. The second-order valence-electron chi connectivity index (χ2n) is 4.99. The van der Waals surface area contributed by atoms with Crippen molar-refractivity contribution in [1.82, 2.24) is 10.0 Å². The minimum Gasteiger partial charge on any atom is -0.284 e. The number of carbonyl (C=O) groups is 2. The largest absolute Gasteiger partial charge is 0.454 e. The highest BCUT2D eigenvalue weighted by atomic mass is 19.4. The van der Waals surface area contributed by atoms with Crippen molar-refractivity contribution in [3.63, 3.8) is 0 Å². The van der Waals surface area contributed by atoms with Gasteiger partial charge >= 0.3 is 6.18 Å². The molecule has 1 atom stereocenters. The van der Waals surface area contributed by atoms with E-state index in [1.54, 1.807) is 0 Å². The Morgan fingerprint density at radius 3 is 2.55 bits per heavy atom. The van der Waals surface area contributed by atoms with Gasteiger partial charge in [-0.25, -0.2) is 14.4 Å². The molecule has 0 aliphatic carbocycles. The van der Waals surface area contributed by atoms with Crippen LogP contribution in [0.25, 0.3) is 0 Å². The molecule has 2 aliphatic heterocycles. The number of ketones is 1. The number of amides is 1. The number of alkyl halides is 3. The topological polar surface area (TPSA) is 40.6 Å². The molecule has 116 valence electrons. The summed E-state index contributed by atoms with van der Waals surface area (Å²) in [5, 5.41) is 2.25. The molecule has 1 unspecified atom stereocenters. The first-order chi connectivity index (χ1) is 10.3. The van der Waals surface area contributed by atoms with Crippen molar-refractivity contribution in [2.45, 2.75) is 18.6 Å². The van der Waals surface area contributed by atoms with Crippen LogP contribution in [0, 0.1) is 5.82 Å². The molecule has 1 aromatic carbocycles. The number of halogens is 4. The van der Waals surface area contributed by atoms with Crippen LogP contribution in [0.15, 0.2) is 36.0 Å². The van der Waals surface area contributed by atoms with Crippen molar-refractivity contribution in [3.8, 4) is 0 Å². The Balaban J connectivity index is 2.09. The van der Waals surface area contributed by atoms with E-state index in [9.17, 15) is 27.2 Å². The van der Waals surface area contributed by atoms with Crippen LogP contribution >= 0.6 is 0 Å². The number of carbonyl (C=O) groups excluding carboxylic acids is 2. The summed E-state index contributed by atoms with van der Waals surface area (Å²) in [7, 11) is 0. The van der Waals surface area contributed by atoms with E-state index >= 15 is 0 Å². The summed E-state index contributed by atoms with van der Waals surface area (Å²) >= 11 is 0. The van der Waals surface area contributed by atoms with E-state index in [-0.39, 0.29) is 18.5 Å². The number of benzene rings is 1. The highest BCUT2D eigenvalue weighted by molar-refractivity contribution is 6.02. The summed E-state index contributed by atoms with van der Waals surface area (Å²) in [6.07, 6.45) is -4.11. The van der Waals surface area contributed by atoms with Crippen LogP contribution in [0.3, 0.4) is 0 Å². The minimum atomic E-state index is -5.08. The lowest BCUT2D eigenvalue weighted by molar-refractivity contribution is -0.167. The van der Waals surface area contributed by atoms with Crippen molar-refractivity contribution in [1.29, 1.82) is 0 Å². The molecule has 0 bridgehead atoms. The van der Waals surface area contributed by atoms with Crippen LogP contribution in [-0.4, -0.2) is 34.4 Å². The van der Waals surface area contributed by atoms with Gasteiger partial charge in [0.25, 0.3) is 5.78 Å². The summed E-state index contributed by atoms with van der Waals surface area (Å²) < 4.78 is 52.3. The third-order valence-electron chi connectivity index (χ3n) is 3.66. The van der Waals surface area contributed by atoms with Crippen LogP contribution in [0.5, 0.6) is 0 Å². The van der Waals surface area contributed by atoms with Gasteiger partial charge in [0.2, 0.25) is 5.91 Å². The number of Topliss-reactive ketones (excluding diaryl/α,β-unsaturated/α-hetero) is 1. The molecule has 1 fully saturated rings. The number of hydrogen-bond donors (Lipinski definition) is 0. The molecule has 0 radical (unpaired) electrons. The van der Waals surface area contributed by atoms with Crippen molar-refractivity contribution < 1.29 is 27.2 Å². The van der Waals surface area contributed by atoms with Gasteiger partial charge in [-0.2, -0.15) is 13.2 Å². The molecule has 0 saturated carbocycles. The first-order valence-electron chi connectivity index (χ1n) is 6.47. The predicted molar refractivity (Wildman–Crippen MR) is 66.5 cm³/mol. The Kier molecular flexibility index (Phi) is 3.28. The van der Waals surface area contributed by atoms with Crippen LogP contribution in [0.1, 0.15) is 18.0 Å². The van der Waals surface area contributed by atoms with Crippen LogP contribution < -0.4 is 0 Å². The number of nitrogens with zero attached hydrogens (tertiary/aromatic N) is 2. The predicted octanol–water partition coefficient (Wildman–Crippen LogP) is 2.35. The van der Waals surface area contributed by atoms with Gasteiger partial charge in [0.1, 0.15) is 5.82 Å². The zero-order valence-corrected chi connectivity index (χ0v) is 11.1. The molecule has 3 rings (SSSR count). The fourth-order valence-electron chi connectivity index (χ4n) is 2.71. The molecule has 1 amide bonds. The second-order valence-corrected chi connectivity index (χ2v) is 4.99. The average molecular weight is 314 g/mol. The Bertz CT molecular complexity index is 684. The van der Waals surface area contributed by atoms with Crippen molar-refractivity contribution >= 4 is 11.7 Å². The van der Waals surface area contributed by atoms with Gasteiger partial charge in [-0.3, -0.25) is 9.59 Å². The molecule has 4 nitrogen and oxygen atoms in total. The molecule has 2 heterocycles. The van der Waals surface area contributed by atoms with Gasteiger partial charge in [0.15, 0.2) is 0 Å². The standard InChI is InChI=1S/C14H10F4N2O2/c15-10-4-2-1-3-8(10)12-9(13(22)14(16,17)18)7-20-11(21)5-6-19(12)20/h1-4,7,12H,5-6H2. The zero-order chi connectivity index (χ0) is 16.1. The Morgan fingerprint density at radius 1 is 1.23 bits per heavy atom. The number of hydrazine groups is 1. The van der Waals surface area contributed by atoms with Gasteiger partial charge in [0, 0.05) is 30.3 Å². The highest BCUT2D eigenvalue weighted by Crippen LogP contribution is 2.42. The highest BCUT2D eigenvalue weighted by Gasteiger charge is 2.50. The molecular formula is C14H10F4N2O2. The van der Waals surface area contributed by atoms with Gasteiger partial charge in [0.05, 0.1) is 6.04 Å². The number of fused-ring (bicyclic) bond motifs is 1. The van der Waals surface area contributed by atoms with Crippen LogP contribution in [0.4, 0.5) is 17.6 Å². The third-order valence-corrected chi connectivity index (χ3v) is 3.66. The summed E-state index contributed by atoms with van der Waals surface area (Å²) in [6.45, 7) is 0.128. The maximum Gasteiger partial charge on any atom is 0.454 e. The van der Waals surface area contributed by atoms with Crippen molar-refractivity contribution in [2.75, 3.05) is 6.54 Å². The average Bonchev–Trinajstić information content (AvgIpc) is 2.98. The summed E-state index contributed by atoms with van der Waals surface area (Å²) in [4.78, 5) is 23.3. The van der Waals surface area contributed by atoms with Gasteiger partial charge in [-0.1, -0.05) is 18.2 Å². The molecule has 2 aliphatic rings. The molecule has 0 N–H and O–H groups in total. The lowest BCUT2D eigenvalue weighted by Gasteiger charge is -2.26. The summed E-state index contributed by atoms with van der Waals surface area (Å²) in [6, 6.07) is 4.03. The third kappa shape index (κ3) is 2.19. The van der Waals surface area contributed by atoms with Gasteiger partial charge in [-0.15, -0.1) is 0 Å². The number of hydrogen-bond acceptors (Lipinski definition) is 3. The maximum absolute atomic E-state index is 14.0. The number of rotatable bonds is 2. The van der Waals surface area contributed by atoms with E-state index in [0.717, 1.165) is 17.3 Å². The molecule has 0 aromatic heterocycles. The Morgan fingerprint density at radius 2 is 1.91 bits per heavy atom. The molecule has 0 spiro atoms. The normalized spacial score (nSPS) is 22.0. The molecule has 22 heavy (non-hydrogen) atoms. The molecule has 8 heteroatoms. The van der Waals surface area contributed by atoms with Crippen molar-refractivity contribution in [2.24, 2.45) is 0 Å². The van der Waals surface area contributed by atoms with E-state index in [4.69, 9.17) is 0 Å². The van der Waals surface area contributed by atoms with Gasteiger partial charge < -0.3 is 0 Å². The van der Waals surface area contributed by atoms with Crippen LogP contribution in [0.2, 0.25) is 0 Å². The first kappa shape index (κ1) is 14.7. The van der Waals surface area contributed by atoms with E-state index < -0.39 is 35.3 Å². The maximum atomic E-state index is 14.0. The monoisotopic (exact) mass is 314 g/mol. The minimum absolute atomic E-state index is 0.0662. The van der Waals surface area contributed by atoms with E-state index in [2.05, 4.69) is 0 Å². The first-order valence-corrected chi connectivity index (χ1v) is 6.47. The van der Waals surface area contributed by atoms with E-state index in [0.29, 0.717) is 0 Å². The fraction of sp³-hybridized carbons (Fsp3) is 0.286. The zero-order valence-electron chi connectivity index (χ0n) is 11.1. The summed E-state index contributed by atoms with van der Waals surface area (Å²) in [5.41, 5.74) is -0.714. The smallest absolute Gasteiger partial charge is 0.284 e. The Hall–Kier alpha value is -2.22. The Labute approximate surface area is 122 Å². The molecule has 1 aromatic rings. The van der Waals surface area contributed by atoms with E-state index in [1.807, 2.05) is 0 Å². The molecular weight excluding hydrogens is 304 g/mol. The lowest BCUT2D eigenvalue weighted by atomic mass is 9.95.